The Hall–Kier alpha value is 0.0369. The number of halogens is 1. The van der Waals surface area contributed by atoms with Gasteiger partial charge in [-0.2, -0.15) is 0 Å². The molecule has 1 amide bonds. The Labute approximate surface area is 173 Å². The van der Waals surface area contributed by atoms with Crippen molar-refractivity contribution in [1.29, 1.82) is 0 Å². The van der Waals surface area contributed by atoms with Gasteiger partial charge in [-0.1, -0.05) is 58.3 Å². The summed E-state index contributed by atoms with van der Waals surface area (Å²) in [6.45, 7) is 13.0. The maximum Gasteiger partial charge on any atom is 0.355 e. The lowest BCUT2D eigenvalue weighted by Gasteiger charge is -2.52. The van der Waals surface area contributed by atoms with E-state index in [1.54, 1.807) is 26.5 Å². The molecule has 0 saturated carbocycles. The summed E-state index contributed by atoms with van der Waals surface area (Å²) in [5.74, 6) is -0.711. The van der Waals surface area contributed by atoms with E-state index >= 15 is 0 Å². The molecule has 2 aliphatic heterocycles. The van der Waals surface area contributed by atoms with Crippen molar-refractivity contribution in [3.63, 3.8) is 0 Å². The standard InChI is InChI=1S/C17H28BrNO4S2Si/c1-10(23-26(6,7)17(2,3)4)12-14(20)19-13(16(21)22-5)11(8-9-18)24-25-15(12)19/h10,12,15H,8-9H2,1-7H3/t10-,12+,15-/m1/s1. The number of allylic oxidation sites excluding steroid dienone is 1. The zero-order chi connectivity index (χ0) is 19.9. The number of alkyl halides is 1. The Morgan fingerprint density at radius 1 is 1.38 bits per heavy atom. The first kappa shape index (κ1) is 22.3. The van der Waals surface area contributed by atoms with Gasteiger partial charge in [-0.3, -0.25) is 9.69 Å². The lowest BCUT2D eigenvalue weighted by Crippen LogP contribution is -2.65. The molecule has 0 aliphatic carbocycles. The van der Waals surface area contributed by atoms with Crippen molar-refractivity contribution in [2.75, 3.05) is 12.4 Å². The van der Waals surface area contributed by atoms with E-state index in [-0.39, 0.29) is 28.3 Å². The van der Waals surface area contributed by atoms with Crippen LogP contribution in [0.15, 0.2) is 10.6 Å². The van der Waals surface area contributed by atoms with Crippen LogP contribution in [-0.4, -0.2) is 49.0 Å². The Balaban J connectivity index is 2.22. The molecule has 1 saturated heterocycles. The van der Waals surface area contributed by atoms with Gasteiger partial charge in [0.1, 0.15) is 11.1 Å². The molecule has 0 aromatic carbocycles. The van der Waals surface area contributed by atoms with Crippen LogP contribution in [-0.2, 0) is 18.8 Å². The average Bonchev–Trinajstić information content (AvgIpc) is 2.52. The van der Waals surface area contributed by atoms with Crippen LogP contribution in [0, 0.1) is 5.92 Å². The normalized spacial score (nSPS) is 24.9. The number of carbonyl (C=O) groups excluding carboxylic acids is 2. The number of β-lactam (4-membered cyclic amide) rings is 1. The van der Waals surface area contributed by atoms with Crippen LogP contribution in [0.2, 0.25) is 18.1 Å². The average molecular weight is 483 g/mol. The van der Waals surface area contributed by atoms with Crippen LogP contribution < -0.4 is 0 Å². The Morgan fingerprint density at radius 2 is 2.00 bits per heavy atom. The number of hydrogen-bond donors (Lipinski definition) is 0. The van der Waals surface area contributed by atoms with Crippen LogP contribution in [0.1, 0.15) is 34.1 Å². The summed E-state index contributed by atoms with van der Waals surface area (Å²) < 4.78 is 11.4. The van der Waals surface area contributed by atoms with Crippen molar-refractivity contribution in [3.05, 3.63) is 10.6 Å². The van der Waals surface area contributed by atoms with Crippen LogP contribution in [0.4, 0.5) is 0 Å². The van der Waals surface area contributed by atoms with E-state index in [9.17, 15) is 9.59 Å². The monoisotopic (exact) mass is 481 g/mol. The molecule has 1 fully saturated rings. The van der Waals surface area contributed by atoms with Gasteiger partial charge in [-0.25, -0.2) is 4.79 Å². The van der Waals surface area contributed by atoms with E-state index in [1.165, 1.54) is 7.11 Å². The lowest BCUT2D eigenvalue weighted by molar-refractivity contribution is -0.157. The summed E-state index contributed by atoms with van der Waals surface area (Å²) in [6.07, 6.45) is 0.522. The van der Waals surface area contributed by atoms with E-state index in [2.05, 4.69) is 49.8 Å². The van der Waals surface area contributed by atoms with Crippen molar-refractivity contribution in [2.45, 2.75) is 63.7 Å². The summed E-state index contributed by atoms with van der Waals surface area (Å²) in [5.41, 5.74) is 0.404. The number of nitrogens with zero attached hydrogens (tertiary/aromatic N) is 1. The van der Waals surface area contributed by atoms with Crippen LogP contribution in [0.3, 0.4) is 0 Å². The molecule has 9 heteroatoms. The molecule has 0 radical (unpaired) electrons. The molecule has 2 heterocycles. The number of rotatable bonds is 6. The van der Waals surface area contributed by atoms with E-state index in [4.69, 9.17) is 9.16 Å². The van der Waals surface area contributed by atoms with Gasteiger partial charge in [0.25, 0.3) is 0 Å². The largest absolute Gasteiger partial charge is 0.464 e. The van der Waals surface area contributed by atoms with E-state index < -0.39 is 14.3 Å². The summed E-state index contributed by atoms with van der Waals surface area (Å²) in [4.78, 5) is 27.7. The predicted molar refractivity (Wildman–Crippen MR) is 115 cm³/mol. The topological polar surface area (TPSA) is 55.8 Å². The van der Waals surface area contributed by atoms with Gasteiger partial charge in [0.15, 0.2) is 8.32 Å². The molecule has 0 N–H and O–H groups in total. The molecule has 2 rings (SSSR count). The fourth-order valence-corrected chi connectivity index (χ4v) is 8.06. The molecule has 3 atom stereocenters. The predicted octanol–water partition coefficient (Wildman–Crippen LogP) is 4.75. The molecular formula is C17H28BrNO4S2Si. The van der Waals surface area contributed by atoms with Gasteiger partial charge in [0.2, 0.25) is 5.91 Å². The summed E-state index contributed by atoms with van der Waals surface area (Å²) in [5, 5.41) is 0.736. The molecule has 148 valence electrons. The summed E-state index contributed by atoms with van der Waals surface area (Å²) in [7, 11) is 2.60. The second-order valence-corrected chi connectivity index (χ2v) is 16.1. The highest BCUT2D eigenvalue weighted by Gasteiger charge is 2.57. The molecule has 26 heavy (non-hydrogen) atoms. The number of hydrogen-bond acceptors (Lipinski definition) is 6. The number of fused-ring (bicyclic) bond motifs is 1. The third kappa shape index (κ3) is 4.06. The quantitative estimate of drug-likeness (QED) is 0.179. The number of carbonyl (C=O) groups is 2. The van der Waals surface area contributed by atoms with Crippen molar-refractivity contribution in [2.24, 2.45) is 5.92 Å². The molecule has 0 spiro atoms. The highest BCUT2D eigenvalue weighted by atomic mass is 79.9. The molecule has 0 bridgehead atoms. The number of methoxy groups -OCH3 is 1. The molecule has 2 aliphatic rings. The number of esters is 1. The third-order valence-electron chi connectivity index (χ3n) is 5.33. The number of ether oxygens (including phenoxy) is 1. The van der Waals surface area contributed by atoms with Crippen molar-refractivity contribution in [3.8, 4) is 0 Å². The maximum atomic E-state index is 12.9. The minimum Gasteiger partial charge on any atom is -0.464 e. The minimum absolute atomic E-state index is 0.0403. The van der Waals surface area contributed by atoms with Gasteiger partial charge >= 0.3 is 5.97 Å². The second-order valence-electron chi connectivity index (χ2n) is 8.09. The van der Waals surface area contributed by atoms with Crippen LogP contribution in [0.25, 0.3) is 0 Å². The highest BCUT2D eigenvalue weighted by molar-refractivity contribution is 9.09. The van der Waals surface area contributed by atoms with E-state index in [0.29, 0.717) is 12.1 Å². The Bertz CT molecular complexity index is 620. The zero-order valence-corrected chi connectivity index (χ0v) is 20.6. The molecule has 0 aromatic heterocycles. The first-order valence-corrected chi connectivity index (χ1v) is 14.9. The zero-order valence-electron chi connectivity index (χ0n) is 16.4. The minimum atomic E-state index is -1.97. The lowest BCUT2D eigenvalue weighted by atomic mass is 9.92. The van der Waals surface area contributed by atoms with Crippen molar-refractivity contribution in [1.82, 2.24) is 4.90 Å². The maximum absolute atomic E-state index is 12.9. The first-order chi connectivity index (χ1) is 12.0. The van der Waals surface area contributed by atoms with Gasteiger partial charge in [0.05, 0.1) is 19.1 Å². The summed E-state index contributed by atoms with van der Waals surface area (Å²) in [6, 6.07) is 0. The molecule has 0 unspecified atom stereocenters. The second kappa shape index (κ2) is 8.19. The van der Waals surface area contributed by atoms with Gasteiger partial charge < -0.3 is 9.16 Å². The highest BCUT2D eigenvalue weighted by Crippen LogP contribution is 2.54. The van der Waals surface area contributed by atoms with Crippen LogP contribution in [0.5, 0.6) is 0 Å². The van der Waals surface area contributed by atoms with Crippen LogP contribution >= 0.6 is 37.5 Å². The van der Waals surface area contributed by atoms with Crippen molar-refractivity contribution >= 4 is 57.7 Å². The van der Waals surface area contributed by atoms with Gasteiger partial charge in [-0.15, -0.1) is 0 Å². The molecule has 5 nitrogen and oxygen atoms in total. The Morgan fingerprint density at radius 3 is 2.50 bits per heavy atom. The molecule has 0 aromatic rings. The number of amides is 1. The fourth-order valence-electron chi connectivity index (χ4n) is 2.81. The fraction of sp³-hybridized carbons (Fsp3) is 0.765. The van der Waals surface area contributed by atoms with Gasteiger partial charge in [-0.05, 0) is 31.5 Å². The Kier molecular flexibility index (Phi) is 7.03. The van der Waals surface area contributed by atoms with E-state index in [1.807, 2.05) is 6.92 Å². The SMILES string of the molecule is COC(=O)C1=C(CCBr)SS[C@@H]2[C@@H]([C@@H](C)O[Si](C)(C)C(C)(C)C)C(=O)N12. The first-order valence-electron chi connectivity index (χ1n) is 8.68. The molecular weight excluding hydrogens is 454 g/mol. The third-order valence-corrected chi connectivity index (χ3v) is 13.2. The van der Waals surface area contributed by atoms with E-state index in [0.717, 1.165) is 10.2 Å². The van der Waals surface area contributed by atoms with Crippen molar-refractivity contribution < 1.29 is 18.8 Å². The smallest absolute Gasteiger partial charge is 0.355 e. The summed E-state index contributed by atoms with van der Waals surface area (Å²) >= 11 is 3.41. The van der Waals surface area contributed by atoms with Gasteiger partial charge in [0, 0.05) is 10.2 Å².